The predicted molar refractivity (Wildman–Crippen MR) is 43.8 cm³/mol. The Morgan fingerprint density at radius 2 is 2.33 bits per heavy atom. The summed E-state index contributed by atoms with van der Waals surface area (Å²) >= 11 is 0. The molecule has 4 heteroatoms. The maximum absolute atomic E-state index is 10.8. The van der Waals surface area contributed by atoms with Crippen LogP contribution in [0.3, 0.4) is 0 Å². The maximum atomic E-state index is 10.8. The molecule has 0 radical (unpaired) electrons. The number of ether oxygens (including phenoxy) is 1. The van der Waals surface area contributed by atoms with Crippen LogP contribution in [0.4, 0.5) is 0 Å². The molecule has 70 valence electrons. The van der Waals surface area contributed by atoms with Gasteiger partial charge in [0.15, 0.2) is 0 Å². The van der Waals surface area contributed by atoms with Crippen LogP contribution < -0.4 is 5.73 Å². The second-order valence-corrected chi connectivity index (χ2v) is 3.26. The van der Waals surface area contributed by atoms with E-state index in [1.807, 2.05) is 6.92 Å². The van der Waals surface area contributed by atoms with E-state index in [0.29, 0.717) is 6.61 Å². The standard InChI is InChI=1S/C8H15NO3/c1-2-12-5-8(9,7(10)11)6-3-4-6/h6H,2-5,9H2,1H3,(H,10,11). The number of carboxylic acids is 1. The van der Waals surface area contributed by atoms with Gasteiger partial charge in [0.1, 0.15) is 5.54 Å². The minimum Gasteiger partial charge on any atom is -0.480 e. The van der Waals surface area contributed by atoms with E-state index in [1.165, 1.54) is 0 Å². The highest BCUT2D eigenvalue weighted by molar-refractivity contribution is 5.79. The van der Waals surface area contributed by atoms with Crippen LogP contribution in [0.5, 0.6) is 0 Å². The minimum absolute atomic E-state index is 0.113. The number of hydrogen-bond acceptors (Lipinski definition) is 3. The van der Waals surface area contributed by atoms with Gasteiger partial charge in [-0.25, -0.2) is 0 Å². The van der Waals surface area contributed by atoms with Gasteiger partial charge in [-0.05, 0) is 25.7 Å². The summed E-state index contributed by atoms with van der Waals surface area (Å²) in [4.78, 5) is 10.8. The fourth-order valence-corrected chi connectivity index (χ4v) is 1.22. The fraction of sp³-hybridized carbons (Fsp3) is 0.875. The van der Waals surface area contributed by atoms with Crippen molar-refractivity contribution in [3.05, 3.63) is 0 Å². The number of nitrogens with two attached hydrogens (primary N) is 1. The highest BCUT2D eigenvalue weighted by Gasteiger charge is 2.48. The van der Waals surface area contributed by atoms with Crippen molar-refractivity contribution in [1.29, 1.82) is 0 Å². The molecule has 1 aliphatic rings. The zero-order valence-corrected chi connectivity index (χ0v) is 7.25. The minimum atomic E-state index is -1.14. The van der Waals surface area contributed by atoms with E-state index < -0.39 is 11.5 Å². The van der Waals surface area contributed by atoms with E-state index in [1.54, 1.807) is 0 Å². The monoisotopic (exact) mass is 173 g/mol. The van der Waals surface area contributed by atoms with E-state index in [4.69, 9.17) is 15.6 Å². The van der Waals surface area contributed by atoms with Crippen LogP contribution in [0.2, 0.25) is 0 Å². The summed E-state index contributed by atoms with van der Waals surface area (Å²) < 4.78 is 5.06. The maximum Gasteiger partial charge on any atom is 0.326 e. The number of carboxylic acid groups (broad SMARTS) is 1. The smallest absolute Gasteiger partial charge is 0.326 e. The third kappa shape index (κ3) is 1.76. The Morgan fingerprint density at radius 1 is 1.75 bits per heavy atom. The molecule has 1 saturated carbocycles. The molecule has 0 saturated heterocycles. The van der Waals surface area contributed by atoms with Gasteiger partial charge in [-0.2, -0.15) is 0 Å². The number of hydrogen-bond donors (Lipinski definition) is 2. The first-order chi connectivity index (χ1) is 5.61. The van der Waals surface area contributed by atoms with Crippen molar-refractivity contribution in [2.45, 2.75) is 25.3 Å². The molecule has 4 nitrogen and oxygen atoms in total. The molecule has 1 fully saturated rings. The van der Waals surface area contributed by atoms with Gasteiger partial charge >= 0.3 is 5.97 Å². The molecule has 0 aliphatic heterocycles. The molecule has 0 heterocycles. The highest BCUT2D eigenvalue weighted by atomic mass is 16.5. The first-order valence-electron chi connectivity index (χ1n) is 4.21. The molecule has 0 aromatic rings. The van der Waals surface area contributed by atoms with Gasteiger partial charge in [0.25, 0.3) is 0 Å². The average molecular weight is 173 g/mol. The normalized spacial score (nSPS) is 21.8. The second-order valence-electron chi connectivity index (χ2n) is 3.26. The second kappa shape index (κ2) is 3.41. The molecule has 12 heavy (non-hydrogen) atoms. The molecule has 0 spiro atoms. The molecule has 0 aromatic heterocycles. The zero-order chi connectivity index (χ0) is 9.19. The van der Waals surface area contributed by atoms with Crippen LogP contribution in [0.25, 0.3) is 0 Å². The summed E-state index contributed by atoms with van der Waals surface area (Å²) in [5.41, 5.74) is 4.56. The third-order valence-electron chi connectivity index (χ3n) is 2.25. The van der Waals surface area contributed by atoms with Crippen molar-refractivity contribution in [2.75, 3.05) is 13.2 Å². The Balaban J connectivity index is 2.52. The van der Waals surface area contributed by atoms with E-state index in [2.05, 4.69) is 0 Å². The van der Waals surface area contributed by atoms with Gasteiger partial charge in [-0.3, -0.25) is 4.79 Å². The number of carbonyl (C=O) groups is 1. The number of aliphatic carboxylic acids is 1. The summed E-state index contributed by atoms with van der Waals surface area (Å²) in [6.07, 6.45) is 1.83. The van der Waals surface area contributed by atoms with Gasteiger partial charge in [-0.1, -0.05) is 0 Å². The third-order valence-corrected chi connectivity index (χ3v) is 2.25. The van der Waals surface area contributed by atoms with Crippen LogP contribution in [-0.4, -0.2) is 29.8 Å². The van der Waals surface area contributed by atoms with Crippen LogP contribution in [0.1, 0.15) is 19.8 Å². The molecular formula is C8H15NO3. The Hall–Kier alpha value is -0.610. The average Bonchev–Trinajstić information content (AvgIpc) is 2.82. The zero-order valence-electron chi connectivity index (χ0n) is 7.25. The molecular weight excluding hydrogens is 158 g/mol. The van der Waals surface area contributed by atoms with Crippen molar-refractivity contribution in [1.82, 2.24) is 0 Å². The Morgan fingerprint density at radius 3 is 2.67 bits per heavy atom. The van der Waals surface area contributed by atoms with Crippen LogP contribution in [0, 0.1) is 5.92 Å². The first-order valence-corrected chi connectivity index (χ1v) is 4.21. The van der Waals surface area contributed by atoms with Crippen molar-refractivity contribution in [3.63, 3.8) is 0 Å². The van der Waals surface area contributed by atoms with Gasteiger partial charge in [-0.15, -0.1) is 0 Å². The molecule has 1 rings (SSSR count). The summed E-state index contributed by atoms with van der Waals surface area (Å²) in [7, 11) is 0. The Kier molecular flexibility index (Phi) is 2.69. The van der Waals surface area contributed by atoms with Gasteiger partial charge in [0, 0.05) is 6.61 Å². The molecule has 3 N–H and O–H groups in total. The lowest BCUT2D eigenvalue weighted by Gasteiger charge is -2.23. The summed E-state index contributed by atoms with van der Waals surface area (Å²) in [6.45, 7) is 2.47. The summed E-state index contributed by atoms with van der Waals surface area (Å²) in [5.74, 6) is -0.833. The lowest BCUT2D eigenvalue weighted by molar-refractivity contribution is -0.146. The molecule has 1 unspecified atom stereocenters. The van der Waals surface area contributed by atoms with E-state index in [0.717, 1.165) is 12.8 Å². The molecule has 0 amide bonds. The van der Waals surface area contributed by atoms with Gasteiger partial charge in [0.05, 0.1) is 6.61 Å². The lowest BCUT2D eigenvalue weighted by Crippen LogP contribution is -2.54. The molecule has 1 atom stereocenters. The number of rotatable bonds is 5. The van der Waals surface area contributed by atoms with E-state index >= 15 is 0 Å². The van der Waals surface area contributed by atoms with Crippen molar-refractivity contribution in [2.24, 2.45) is 11.7 Å². The predicted octanol–water partition coefficient (Wildman–Crippen LogP) is 0.215. The quantitative estimate of drug-likeness (QED) is 0.623. The first kappa shape index (κ1) is 9.48. The Bertz CT molecular complexity index is 179. The van der Waals surface area contributed by atoms with Crippen molar-refractivity contribution >= 4 is 5.97 Å². The van der Waals surface area contributed by atoms with E-state index in [-0.39, 0.29) is 12.5 Å². The van der Waals surface area contributed by atoms with Gasteiger partial charge in [0.2, 0.25) is 0 Å². The Labute approximate surface area is 71.7 Å². The SMILES string of the molecule is CCOCC(N)(C(=O)O)C1CC1. The summed E-state index contributed by atoms with van der Waals surface area (Å²) in [5, 5.41) is 8.86. The highest BCUT2D eigenvalue weighted by Crippen LogP contribution is 2.38. The van der Waals surface area contributed by atoms with Crippen LogP contribution in [0.15, 0.2) is 0 Å². The van der Waals surface area contributed by atoms with Crippen LogP contribution >= 0.6 is 0 Å². The van der Waals surface area contributed by atoms with Crippen molar-refractivity contribution < 1.29 is 14.6 Å². The largest absolute Gasteiger partial charge is 0.480 e. The lowest BCUT2D eigenvalue weighted by atomic mass is 9.96. The topological polar surface area (TPSA) is 72.5 Å². The molecule has 0 aromatic carbocycles. The van der Waals surface area contributed by atoms with Crippen molar-refractivity contribution in [3.8, 4) is 0 Å². The molecule has 1 aliphatic carbocycles. The summed E-state index contributed by atoms with van der Waals surface area (Å²) in [6, 6.07) is 0. The molecule has 0 bridgehead atoms. The van der Waals surface area contributed by atoms with Gasteiger partial charge < -0.3 is 15.6 Å². The fourth-order valence-electron chi connectivity index (χ4n) is 1.22. The van der Waals surface area contributed by atoms with Crippen LogP contribution in [-0.2, 0) is 9.53 Å². The van der Waals surface area contributed by atoms with E-state index in [9.17, 15) is 4.79 Å².